The first kappa shape index (κ1) is 14.2. The summed E-state index contributed by atoms with van der Waals surface area (Å²) < 4.78 is 0. The van der Waals surface area contributed by atoms with Gasteiger partial charge in [0.25, 0.3) is 0 Å². The highest BCUT2D eigenvalue weighted by Crippen LogP contribution is 2.02. The highest BCUT2D eigenvalue weighted by Gasteiger charge is 2.16. The summed E-state index contributed by atoms with van der Waals surface area (Å²) in [6.07, 6.45) is 1.94. The summed E-state index contributed by atoms with van der Waals surface area (Å²) in [5, 5.41) is 11.7. The number of hydrogen-bond acceptors (Lipinski definition) is 4. The zero-order valence-corrected chi connectivity index (χ0v) is 10.3. The van der Waals surface area contributed by atoms with Gasteiger partial charge in [0, 0.05) is 0 Å². The molecule has 0 aromatic heterocycles. The van der Waals surface area contributed by atoms with Gasteiger partial charge in [0.05, 0.1) is 6.04 Å². The molecular formula is C10H24N4O. The van der Waals surface area contributed by atoms with Crippen molar-refractivity contribution in [2.24, 2.45) is 10.9 Å². The minimum absolute atomic E-state index is 0.0390. The van der Waals surface area contributed by atoms with Gasteiger partial charge in [-0.1, -0.05) is 12.1 Å². The van der Waals surface area contributed by atoms with Crippen LogP contribution in [-0.4, -0.2) is 61.1 Å². The molecule has 1 unspecified atom stereocenters. The molecule has 90 valence electrons. The molecule has 15 heavy (non-hydrogen) atoms. The largest absolute Gasteiger partial charge is 0.409 e. The van der Waals surface area contributed by atoms with Crippen LogP contribution in [0.2, 0.25) is 0 Å². The number of rotatable bonds is 7. The van der Waals surface area contributed by atoms with E-state index < -0.39 is 0 Å². The molecule has 0 saturated heterocycles. The normalized spacial score (nSPS) is 14.9. The number of amidine groups is 1. The van der Waals surface area contributed by atoms with Crippen molar-refractivity contribution in [3.63, 3.8) is 0 Å². The fraction of sp³-hybridized carbons (Fsp3) is 0.900. The maximum absolute atomic E-state index is 8.63. The van der Waals surface area contributed by atoms with Crippen LogP contribution in [0.4, 0.5) is 0 Å². The minimum atomic E-state index is 0.0390. The quantitative estimate of drug-likeness (QED) is 0.280. The van der Waals surface area contributed by atoms with Gasteiger partial charge in [-0.05, 0) is 47.1 Å². The molecule has 1 atom stereocenters. The van der Waals surface area contributed by atoms with Gasteiger partial charge in [0.1, 0.15) is 0 Å². The van der Waals surface area contributed by atoms with Crippen LogP contribution in [0.15, 0.2) is 5.16 Å². The topological polar surface area (TPSA) is 65.1 Å². The van der Waals surface area contributed by atoms with Crippen molar-refractivity contribution in [3.8, 4) is 0 Å². The summed E-state index contributed by atoms with van der Waals surface area (Å²) in [5.74, 6) is 0.296. The summed E-state index contributed by atoms with van der Waals surface area (Å²) in [7, 11) is 6.11. The molecule has 0 fully saturated rings. The van der Waals surface area contributed by atoms with E-state index in [2.05, 4.69) is 29.1 Å². The Labute approximate surface area is 92.5 Å². The monoisotopic (exact) mass is 216 g/mol. The molecule has 0 rings (SSSR count). The van der Waals surface area contributed by atoms with E-state index in [0.29, 0.717) is 5.84 Å². The number of hydrogen-bond donors (Lipinski definition) is 2. The Morgan fingerprint density at radius 2 is 1.93 bits per heavy atom. The molecule has 0 aliphatic heterocycles. The predicted octanol–water partition coefficient (Wildman–Crippen LogP) is 0.395. The molecule has 0 aliphatic rings. The first-order valence-electron chi connectivity index (χ1n) is 5.35. The number of likely N-dealkylation sites (N-methyl/N-ethyl adjacent to an activating group) is 1. The average Bonchev–Trinajstić information content (AvgIpc) is 2.18. The van der Waals surface area contributed by atoms with E-state index in [1.807, 2.05) is 14.0 Å². The molecule has 0 radical (unpaired) electrons. The molecule has 0 bridgehead atoms. The highest BCUT2D eigenvalue weighted by molar-refractivity contribution is 5.85. The van der Waals surface area contributed by atoms with Gasteiger partial charge in [0.15, 0.2) is 5.84 Å². The first-order valence-corrected chi connectivity index (χ1v) is 5.35. The third-order valence-corrected chi connectivity index (χ3v) is 2.49. The Morgan fingerprint density at radius 3 is 2.33 bits per heavy atom. The second-order valence-corrected chi connectivity index (χ2v) is 4.09. The molecule has 0 saturated carbocycles. The second-order valence-electron chi connectivity index (χ2n) is 4.09. The van der Waals surface area contributed by atoms with Gasteiger partial charge in [-0.25, -0.2) is 0 Å². The number of nitrogens with two attached hydrogens (primary N) is 1. The van der Waals surface area contributed by atoms with Crippen LogP contribution >= 0.6 is 0 Å². The summed E-state index contributed by atoms with van der Waals surface area (Å²) in [6, 6.07) is 0.0390. The standard InChI is InChI=1S/C10H24N4O/c1-5-9(10(11)12-15)14(4)8-6-7-13(2)3/h9,15H,5-8H2,1-4H3,(H2,11,12). The SMILES string of the molecule is CCC(C(N)=NO)N(C)CCCN(C)C. The maximum Gasteiger partial charge on any atom is 0.156 e. The summed E-state index contributed by atoms with van der Waals surface area (Å²) in [5.41, 5.74) is 5.61. The van der Waals surface area contributed by atoms with Crippen molar-refractivity contribution in [1.82, 2.24) is 9.80 Å². The van der Waals surface area contributed by atoms with Gasteiger partial charge < -0.3 is 15.8 Å². The molecule has 0 aliphatic carbocycles. The third kappa shape index (κ3) is 5.59. The van der Waals surface area contributed by atoms with E-state index in [4.69, 9.17) is 10.9 Å². The van der Waals surface area contributed by atoms with E-state index in [0.717, 1.165) is 25.9 Å². The van der Waals surface area contributed by atoms with Crippen molar-refractivity contribution in [1.29, 1.82) is 0 Å². The molecule has 0 aromatic carbocycles. The van der Waals surface area contributed by atoms with Gasteiger partial charge >= 0.3 is 0 Å². The molecule has 0 heterocycles. The van der Waals surface area contributed by atoms with Crippen molar-refractivity contribution >= 4 is 5.84 Å². The molecule has 5 heteroatoms. The summed E-state index contributed by atoms with van der Waals surface area (Å²) >= 11 is 0. The number of nitrogens with zero attached hydrogens (tertiary/aromatic N) is 3. The Morgan fingerprint density at radius 1 is 1.33 bits per heavy atom. The van der Waals surface area contributed by atoms with Crippen molar-refractivity contribution in [3.05, 3.63) is 0 Å². The van der Waals surface area contributed by atoms with Gasteiger partial charge in [-0.15, -0.1) is 0 Å². The van der Waals surface area contributed by atoms with Crippen LogP contribution in [0.1, 0.15) is 19.8 Å². The predicted molar refractivity (Wildman–Crippen MR) is 63.3 cm³/mol. The molecule has 0 amide bonds. The maximum atomic E-state index is 8.63. The molecule has 5 nitrogen and oxygen atoms in total. The fourth-order valence-corrected chi connectivity index (χ4v) is 1.61. The van der Waals surface area contributed by atoms with E-state index in [1.54, 1.807) is 0 Å². The van der Waals surface area contributed by atoms with Crippen LogP contribution in [0.5, 0.6) is 0 Å². The van der Waals surface area contributed by atoms with E-state index in [-0.39, 0.29) is 6.04 Å². The highest BCUT2D eigenvalue weighted by atomic mass is 16.4. The third-order valence-electron chi connectivity index (χ3n) is 2.49. The van der Waals surface area contributed by atoms with Crippen LogP contribution in [-0.2, 0) is 0 Å². The number of oxime groups is 1. The lowest BCUT2D eigenvalue weighted by Gasteiger charge is -2.26. The Bertz CT molecular complexity index is 194. The minimum Gasteiger partial charge on any atom is -0.409 e. The Hall–Kier alpha value is -0.810. The first-order chi connectivity index (χ1) is 7.02. The fourth-order valence-electron chi connectivity index (χ4n) is 1.61. The van der Waals surface area contributed by atoms with Crippen molar-refractivity contribution in [2.75, 3.05) is 34.2 Å². The zero-order chi connectivity index (χ0) is 11.8. The lowest BCUT2D eigenvalue weighted by atomic mass is 10.1. The van der Waals surface area contributed by atoms with E-state index in [1.165, 1.54) is 0 Å². The smallest absolute Gasteiger partial charge is 0.156 e. The van der Waals surface area contributed by atoms with Crippen LogP contribution in [0.3, 0.4) is 0 Å². The zero-order valence-electron chi connectivity index (χ0n) is 10.3. The Balaban J connectivity index is 3.99. The summed E-state index contributed by atoms with van der Waals surface area (Å²) in [6.45, 7) is 4.04. The lowest BCUT2D eigenvalue weighted by Crippen LogP contribution is -2.43. The molecule has 0 aromatic rings. The van der Waals surface area contributed by atoms with Gasteiger partial charge in [-0.2, -0.15) is 0 Å². The molecule has 0 spiro atoms. The summed E-state index contributed by atoms with van der Waals surface area (Å²) in [4.78, 5) is 4.27. The second kappa shape index (κ2) is 7.48. The van der Waals surface area contributed by atoms with Gasteiger partial charge in [-0.3, -0.25) is 4.90 Å². The molecular weight excluding hydrogens is 192 g/mol. The Kier molecular flexibility index (Phi) is 7.07. The van der Waals surface area contributed by atoms with Crippen molar-refractivity contribution < 1.29 is 5.21 Å². The van der Waals surface area contributed by atoms with Gasteiger partial charge in [0.2, 0.25) is 0 Å². The van der Waals surface area contributed by atoms with Crippen LogP contribution < -0.4 is 5.73 Å². The van der Waals surface area contributed by atoms with Crippen LogP contribution in [0, 0.1) is 0 Å². The average molecular weight is 216 g/mol. The van der Waals surface area contributed by atoms with E-state index in [9.17, 15) is 0 Å². The van der Waals surface area contributed by atoms with Crippen molar-refractivity contribution in [2.45, 2.75) is 25.8 Å². The lowest BCUT2D eigenvalue weighted by molar-refractivity contribution is 0.256. The van der Waals surface area contributed by atoms with Crippen LogP contribution in [0.25, 0.3) is 0 Å². The molecule has 3 N–H and O–H groups in total. The van der Waals surface area contributed by atoms with E-state index >= 15 is 0 Å².